The summed E-state index contributed by atoms with van der Waals surface area (Å²) >= 11 is 3.92. The summed E-state index contributed by atoms with van der Waals surface area (Å²) in [6, 6.07) is -0.833. The van der Waals surface area contributed by atoms with Crippen molar-refractivity contribution in [2.45, 2.75) is 19.9 Å². The van der Waals surface area contributed by atoms with Gasteiger partial charge in [-0.05, 0) is 6.92 Å². The molecule has 0 aromatic carbocycles. The normalized spacial score (nSPS) is 14.9. The lowest BCUT2D eigenvalue weighted by Gasteiger charge is -2.12. The molecule has 4 nitrogen and oxygen atoms in total. The zero-order valence-electron chi connectivity index (χ0n) is 7.07. The molecule has 5 heteroatoms. The molecule has 0 aromatic rings. The molecule has 0 radical (unpaired) electrons. The molecule has 2 atom stereocenters. The molecule has 1 unspecified atom stereocenters. The largest absolute Gasteiger partial charge is 0.480 e. The highest BCUT2D eigenvalue weighted by Crippen LogP contribution is 1.97. The molecule has 0 aliphatic rings. The van der Waals surface area contributed by atoms with Crippen LogP contribution < -0.4 is 5.32 Å². The van der Waals surface area contributed by atoms with Crippen molar-refractivity contribution >= 4 is 24.5 Å². The number of nitrogens with one attached hydrogen (secondary N) is 1. The third-order valence-electron chi connectivity index (χ3n) is 1.45. The predicted octanol–water partition coefficient (Wildman–Crippen LogP) is 0.142. The number of carbonyl (C=O) groups is 2. The quantitative estimate of drug-likeness (QED) is 0.554. The van der Waals surface area contributed by atoms with Crippen molar-refractivity contribution in [2.24, 2.45) is 5.92 Å². The number of amides is 1. The maximum Gasteiger partial charge on any atom is 0.325 e. The average molecular weight is 191 g/mol. The molecular formula is C7H13NO3S. The topological polar surface area (TPSA) is 66.4 Å². The van der Waals surface area contributed by atoms with E-state index in [0.717, 1.165) is 0 Å². The van der Waals surface area contributed by atoms with E-state index in [2.05, 4.69) is 17.9 Å². The number of aliphatic carboxylic acids is 1. The number of carboxylic acid groups (broad SMARTS) is 1. The number of hydrogen-bond acceptors (Lipinski definition) is 3. The predicted molar refractivity (Wildman–Crippen MR) is 48.3 cm³/mol. The third kappa shape index (κ3) is 3.61. The van der Waals surface area contributed by atoms with Gasteiger partial charge in [-0.15, -0.1) is 0 Å². The molecule has 0 spiro atoms. The van der Waals surface area contributed by atoms with E-state index in [1.54, 1.807) is 6.92 Å². The molecule has 0 saturated heterocycles. The van der Waals surface area contributed by atoms with E-state index in [1.165, 1.54) is 6.92 Å². The highest BCUT2D eigenvalue weighted by atomic mass is 32.1. The Bertz CT molecular complexity index is 183. The zero-order valence-corrected chi connectivity index (χ0v) is 7.97. The number of rotatable bonds is 4. The standard InChI is InChI=1S/C7H13NO3S/c1-4(3-12)6(9)8-5(2)7(10)11/h4-5,12H,3H2,1-2H3,(H,8,9)(H,10,11)/t4-,5?/m0/s1. The minimum atomic E-state index is -1.03. The van der Waals surface area contributed by atoms with Gasteiger partial charge in [-0.1, -0.05) is 6.92 Å². The zero-order chi connectivity index (χ0) is 9.72. The second-order valence-electron chi connectivity index (χ2n) is 2.65. The van der Waals surface area contributed by atoms with E-state index >= 15 is 0 Å². The van der Waals surface area contributed by atoms with Crippen LogP contribution in [0.25, 0.3) is 0 Å². The van der Waals surface area contributed by atoms with Crippen molar-refractivity contribution in [3.63, 3.8) is 0 Å². The summed E-state index contributed by atoms with van der Waals surface area (Å²) in [6.07, 6.45) is 0. The van der Waals surface area contributed by atoms with Crippen molar-refractivity contribution in [1.29, 1.82) is 0 Å². The summed E-state index contributed by atoms with van der Waals surface area (Å²) in [5, 5.41) is 10.8. The van der Waals surface area contributed by atoms with Gasteiger partial charge in [-0.25, -0.2) is 0 Å². The monoisotopic (exact) mass is 191 g/mol. The second kappa shape index (κ2) is 5.03. The van der Waals surface area contributed by atoms with Gasteiger partial charge >= 0.3 is 5.97 Å². The minimum Gasteiger partial charge on any atom is -0.480 e. The summed E-state index contributed by atoms with van der Waals surface area (Å²) < 4.78 is 0. The van der Waals surface area contributed by atoms with E-state index in [9.17, 15) is 9.59 Å². The van der Waals surface area contributed by atoms with Crippen molar-refractivity contribution < 1.29 is 14.7 Å². The summed E-state index contributed by atoms with van der Waals surface area (Å²) in [7, 11) is 0. The van der Waals surface area contributed by atoms with Crippen molar-refractivity contribution in [3.8, 4) is 0 Å². The highest BCUT2D eigenvalue weighted by molar-refractivity contribution is 7.80. The van der Waals surface area contributed by atoms with Crippen LogP contribution in [0.3, 0.4) is 0 Å². The van der Waals surface area contributed by atoms with Crippen molar-refractivity contribution in [3.05, 3.63) is 0 Å². The van der Waals surface area contributed by atoms with Crippen molar-refractivity contribution in [1.82, 2.24) is 5.32 Å². The summed E-state index contributed by atoms with van der Waals surface area (Å²) in [6.45, 7) is 3.11. The first-order valence-corrected chi connectivity index (χ1v) is 4.26. The first-order valence-electron chi connectivity index (χ1n) is 3.63. The number of thiol groups is 1. The molecule has 1 amide bonds. The molecular weight excluding hydrogens is 178 g/mol. The SMILES string of the molecule is CC(NC(=O)[C@@H](C)CS)C(=O)O. The molecule has 12 heavy (non-hydrogen) atoms. The minimum absolute atomic E-state index is 0.255. The molecule has 0 bridgehead atoms. The van der Waals surface area contributed by atoms with E-state index in [4.69, 9.17) is 5.11 Å². The lowest BCUT2D eigenvalue weighted by atomic mass is 10.2. The van der Waals surface area contributed by atoms with Gasteiger partial charge in [-0.3, -0.25) is 9.59 Å². The first kappa shape index (κ1) is 11.3. The Morgan fingerprint density at radius 1 is 1.50 bits per heavy atom. The van der Waals surface area contributed by atoms with Crippen LogP contribution >= 0.6 is 12.6 Å². The fourth-order valence-electron chi connectivity index (χ4n) is 0.500. The van der Waals surface area contributed by atoms with Gasteiger partial charge in [0.05, 0.1) is 0 Å². The van der Waals surface area contributed by atoms with Crippen LogP contribution in [-0.4, -0.2) is 28.8 Å². The molecule has 0 aliphatic carbocycles. The van der Waals surface area contributed by atoms with Crippen LogP contribution in [0.5, 0.6) is 0 Å². The van der Waals surface area contributed by atoms with Crippen LogP contribution in [-0.2, 0) is 9.59 Å². The fraction of sp³-hybridized carbons (Fsp3) is 0.714. The lowest BCUT2D eigenvalue weighted by molar-refractivity contribution is -0.141. The first-order chi connectivity index (χ1) is 5.49. The smallest absolute Gasteiger partial charge is 0.325 e. The molecule has 0 saturated carbocycles. The van der Waals surface area contributed by atoms with Gasteiger partial charge in [0, 0.05) is 11.7 Å². The van der Waals surface area contributed by atoms with Crippen LogP contribution in [0.4, 0.5) is 0 Å². The van der Waals surface area contributed by atoms with Crippen molar-refractivity contribution in [2.75, 3.05) is 5.75 Å². The molecule has 0 rings (SSSR count). The van der Waals surface area contributed by atoms with Gasteiger partial charge in [0.25, 0.3) is 0 Å². The Hall–Kier alpha value is -0.710. The Morgan fingerprint density at radius 2 is 2.00 bits per heavy atom. The molecule has 0 aliphatic heterocycles. The maximum absolute atomic E-state index is 11.1. The van der Waals surface area contributed by atoms with Crippen LogP contribution in [0, 0.1) is 5.92 Å². The summed E-state index contributed by atoms with van der Waals surface area (Å²) in [5.74, 6) is -1.15. The van der Waals surface area contributed by atoms with E-state index in [0.29, 0.717) is 5.75 Å². The molecule has 70 valence electrons. The van der Waals surface area contributed by atoms with Gasteiger partial charge in [-0.2, -0.15) is 12.6 Å². The number of carbonyl (C=O) groups excluding carboxylic acids is 1. The number of carboxylic acids is 1. The molecule has 0 heterocycles. The fourth-order valence-corrected chi connectivity index (χ4v) is 0.666. The summed E-state index contributed by atoms with van der Waals surface area (Å²) in [5.41, 5.74) is 0. The molecule has 0 aromatic heterocycles. The molecule has 2 N–H and O–H groups in total. The van der Waals surface area contributed by atoms with Gasteiger partial charge < -0.3 is 10.4 Å². The van der Waals surface area contributed by atoms with Gasteiger partial charge in [0.2, 0.25) is 5.91 Å². The van der Waals surface area contributed by atoms with Gasteiger partial charge in [0.15, 0.2) is 0 Å². The lowest BCUT2D eigenvalue weighted by Crippen LogP contribution is -2.41. The molecule has 0 fully saturated rings. The summed E-state index contributed by atoms with van der Waals surface area (Å²) in [4.78, 5) is 21.4. The Labute approximate surface area is 76.8 Å². The highest BCUT2D eigenvalue weighted by Gasteiger charge is 2.17. The van der Waals surface area contributed by atoms with Crippen LogP contribution in [0.15, 0.2) is 0 Å². The maximum atomic E-state index is 11.1. The number of hydrogen-bond donors (Lipinski definition) is 3. The van der Waals surface area contributed by atoms with E-state index < -0.39 is 12.0 Å². The second-order valence-corrected chi connectivity index (χ2v) is 3.02. The van der Waals surface area contributed by atoms with Crippen LogP contribution in [0.2, 0.25) is 0 Å². The van der Waals surface area contributed by atoms with Gasteiger partial charge in [0.1, 0.15) is 6.04 Å². The third-order valence-corrected chi connectivity index (χ3v) is 2.00. The Kier molecular flexibility index (Phi) is 4.73. The van der Waals surface area contributed by atoms with Crippen LogP contribution in [0.1, 0.15) is 13.8 Å². The average Bonchev–Trinajstić information content (AvgIpc) is 2.02. The van der Waals surface area contributed by atoms with E-state index in [1.807, 2.05) is 0 Å². The Balaban J connectivity index is 3.92. The Morgan fingerprint density at radius 3 is 2.33 bits per heavy atom. The van der Waals surface area contributed by atoms with E-state index in [-0.39, 0.29) is 11.8 Å².